The van der Waals surface area contributed by atoms with Gasteiger partial charge in [0.15, 0.2) is 24.7 Å². The van der Waals surface area contributed by atoms with E-state index in [0.29, 0.717) is 38.5 Å². The van der Waals surface area contributed by atoms with Gasteiger partial charge in [-0.15, -0.1) is 0 Å². The predicted molar refractivity (Wildman–Crippen MR) is 219 cm³/mol. The van der Waals surface area contributed by atoms with E-state index in [9.17, 15) is 66.1 Å². The summed E-state index contributed by atoms with van der Waals surface area (Å²) in [4.78, 5) is 14.6. The Morgan fingerprint density at radius 3 is 1.98 bits per heavy atom. The molecule has 4 aliphatic carbocycles. The van der Waals surface area contributed by atoms with Crippen molar-refractivity contribution in [1.29, 1.82) is 0 Å². The minimum absolute atomic E-state index is 0.0473. The highest BCUT2D eigenvalue weighted by Gasteiger charge is 2.71. The number of hydrogen-bond acceptors (Lipinski definition) is 20. The summed E-state index contributed by atoms with van der Waals surface area (Å²) in [5.41, 5.74) is 0.155. The van der Waals surface area contributed by atoms with Crippen LogP contribution in [0, 0.1) is 46.3 Å². The van der Waals surface area contributed by atoms with Gasteiger partial charge in [0.05, 0.1) is 38.6 Å². The summed E-state index contributed by atoms with van der Waals surface area (Å²) in [6.45, 7) is 6.34. The van der Waals surface area contributed by atoms with Crippen LogP contribution in [0.2, 0.25) is 0 Å². The van der Waals surface area contributed by atoms with Gasteiger partial charge in [0.25, 0.3) is 0 Å². The van der Waals surface area contributed by atoms with E-state index in [1.807, 2.05) is 13.8 Å². The molecule has 4 aliphatic heterocycles. The summed E-state index contributed by atoms with van der Waals surface area (Å²) in [5, 5.41) is 125. The van der Waals surface area contributed by atoms with E-state index >= 15 is 0 Å². The molecular formula is C45H72O20. The van der Waals surface area contributed by atoms with E-state index in [0.717, 1.165) is 12.0 Å². The summed E-state index contributed by atoms with van der Waals surface area (Å²) < 4.78 is 41.1. The van der Waals surface area contributed by atoms with Crippen molar-refractivity contribution in [2.24, 2.45) is 46.3 Å². The summed E-state index contributed by atoms with van der Waals surface area (Å²) in [5.74, 6) is -1.61. The highest BCUT2D eigenvalue weighted by atomic mass is 16.7. The van der Waals surface area contributed by atoms with Crippen LogP contribution < -0.4 is 0 Å². The Labute approximate surface area is 378 Å². The molecule has 20 nitrogen and oxygen atoms in total. The van der Waals surface area contributed by atoms with E-state index in [2.05, 4.69) is 19.9 Å². The molecule has 7 unspecified atom stereocenters. The molecule has 7 fully saturated rings. The van der Waals surface area contributed by atoms with Crippen molar-refractivity contribution in [2.45, 2.75) is 189 Å². The van der Waals surface area contributed by atoms with Crippen LogP contribution in [0.3, 0.4) is 0 Å². The maximum Gasteiger partial charge on any atom is 0.187 e. The first-order valence-electron chi connectivity index (χ1n) is 23.5. The second-order valence-corrected chi connectivity index (χ2v) is 20.9. The fraction of sp³-hybridized carbons (Fsp3) is 0.933. The third-order valence-corrected chi connectivity index (χ3v) is 17.3. The van der Waals surface area contributed by atoms with Gasteiger partial charge in [-0.05, 0) is 67.6 Å². The van der Waals surface area contributed by atoms with Crippen LogP contribution in [0.25, 0.3) is 0 Å². The average molecular weight is 933 g/mol. The number of ketones is 1. The number of Topliss-reactive ketones (excluding diaryl/α,β-unsaturated/α-hetero) is 1. The smallest absolute Gasteiger partial charge is 0.187 e. The Bertz CT molecular complexity index is 1700. The highest BCUT2D eigenvalue weighted by Crippen LogP contribution is 2.69. The Kier molecular flexibility index (Phi) is 14.7. The number of ether oxygens (including phenoxy) is 7. The van der Waals surface area contributed by atoms with Crippen LogP contribution >= 0.6 is 0 Å². The summed E-state index contributed by atoms with van der Waals surface area (Å²) >= 11 is 0. The van der Waals surface area contributed by atoms with Gasteiger partial charge in [-0.25, -0.2) is 0 Å². The van der Waals surface area contributed by atoms with Crippen LogP contribution in [0.15, 0.2) is 11.6 Å². The Morgan fingerprint density at radius 2 is 1.34 bits per heavy atom. The molecule has 4 heterocycles. The Balaban J connectivity index is 0.869. The molecule has 8 rings (SSSR count). The molecular weight excluding hydrogens is 860 g/mol. The van der Waals surface area contributed by atoms with E-state index in [4.69, 9.17) is 33.2 Å². The first-order valence-corrected chi connectivity index (χ1v) is 23.5. The number of allylic oxidation sites excluding steroid dienone is 1. The monoisotopic (exact) mass is 932 g/mol. The molecule has 0 spiro atoms. The third-order valence-electron chi connectivity index (χ3n) is 17.3. The molecule has 12 N–H and O–H groups in total. The molecule has 0 aromatic heterocycles. The second-order valence-electron chi connectivity index (χ2n) is 20.9. The molecule has 0 bridgehead atoms. The lowest BCUT2D eigenvalue weighted by molar-refractivity contribution is -0.363. The normalized spacial score (nSPS) is 53.7. The first kappa shape index (κ1) is 50.1. The first-order chi connectivity index (χ1) is 30.7. The van der Waals surface area contributed by atoms with Crippen LogP contribution in [0.5, 0.6) is 0 Å². The van der Waals surface area contributed by atoms with Crippen molar-refractivity contribution >= 4 is 5.78 Å². The zero-order valence-electron chi connectivity index (χ0n) is 37.5. The summed E-state index contributed by atoms with van der Waals surface area (Å²) in [6, 6.07) is 0. The molecule has 0 aromatic carbocycles. The van der Waals surface area contributed by atoms with Gasteiger partial charge < -0.3 is 94.4 Å². The van der Waals surface area contributed by atoms with Crippen molar-refractivity contribution < 1.29 is 99.2 Å². The molecule has 20 heteroatoms. The van der Waals surface area contributed by atoms with Crippen LogP contribution in [0.4, 0.5) is 0 Å². The minimum Gasteiger partial charge on any atom is -0.394 e. The Hall–Kier alpha value is -1.35. The lowest BCUT2D eigenvalue weighted by atomic mass is 9.46. The summed E-state index contributed by atoms with van der Waals surface area (Å²) in [7, 11) is 0. The van der Waals surface area contributed by atoms with E-state index in [-0.39, 0.29) is 65.8 Å². The van der Waals surface area contributed by atoms with Gasteiger partial charge in [0.2, 0.25) is 0 Å². The van der Waals surface area contributed by atoms with Crippen molar-refractivity contribution in [1.82, 2.24) is 0 Å². The van der Waals surface area contributed by atoms with Crippen molar-refractivity contribution in [3.05, 3.63) is 11.6 Å². The lowest BCUT2D eigenvalue weighted by Crippen LogP contribution is -2.65. The maximum absolute atomic E-state index is 14.6. The molecule has 65 heavy (non-hydrogen) atoms. The molecule has 8 aliphatic rings. The van der Waals surface area contributed by atoms with Crippen LogP contribution in [-0.4, -0.2) is 204 Å². The van der Waals surface area contributed by atoms with Crippen molar-refractivity contribution in [3.63, 3.8) is 0 Å². The number of carbonyl (C=O) groups is 1. The van der Waals surface area contributed by atoms with Crippen LogP contribution in [0.1, 0.15) is 79.1 Å². The van der Waals surface area contributed by atoms with E-state index in [1.165, 1.54) is 0 Å². The number of rotatable bonds is 13. The largest absolute Gasteiger partial charge is 0.394 e. The quantitative estimate of drug-likeness (QED) is 0.0838. The van der Waals surface area contributed by atoms with Gasteiger partial charge in [0.1, 0.15) is 79.0 Å². The van der Waals surface area contributed by atoms with E-state index in [1.54, 1.807) is 0 Å². The topological polar surface area (TPSA) is 324 Å². The van der Waals surface area contributed by atoms with Crippen LogP contribution in [-0.2, 0) is 38.0 Å². The zero-order chi connectivity index (χ0) is 47.1. The van der Waals surface area contributed by atoms with Gasteiger partial charge in [-0.2, -0.15) is 0 Å². The van der Waals surface area contributed by atoms with Crippen molar-refractivity contribution in [3.8, 4) is 0 Å². The van der Waals surface area contributed by atoms with Gasteiger partial charge in [0, 0.05) is 30.1 Å². The van der Waals surface area contributed by atoms with E-state index < -0.39 is 129 Å². The third kappa shape index (κ3) is 8.60. The Morgan fingerprint density at radius 1 is 0.754 bits per heavy atom. The number of aliphatic hydroxyl groups is 12. The fourth-order valence-corrected chi connectivity index (χ4v) is 13.3. The predicted octanol–water partition coefficient (Wildman–Crippen LogP) is -2.68. The fourth-order valence-electron chi connectivity index (χ4n) is 13.3. The van der Waals surface area contributed by atoms with Crippen molar-refractivity contribution in [2.75, 3.05) is 26.4 Å². The lowest BCUT2D eigenvalue weighted by Gasteiger charge is -2.57. The molecule has 3 saturated carbocycles. The number of fused-ring (bicyclic) bond motifs is 7. The van der Waals surface area contributed by atoms with Gasteiger partial charge in [-0.3, -0.25) is 4.79 Å². The summed E-state index contributed by atoms with van der Waals surface area (Å²) in [6.07, 6.45) is -16.5. The molecule has 372 valence electrons. The highest BCUT2D eigenvalue weighted by molar-refractivity contribution is 5.87. The second kappa shape index (κ2) is 19.1. The molecule has 4 saturated heterocycles. The minimum atomic E-state index is -1.78. The average Bonchev–Trinajstić information content (AvgIpc) is 3.73. The molecule has 0 amide bonds. The molecule has 0 aromatic rings. The standard InChI is InChI=1S/C45H72O20/c1-18(17-59-40-36(55)33(52)31(50)26(14-46)61-40)7-10-45(58)19(2)30-25(65-45)12-24-22-6-5-20-11-21(8-9-43(20,3)23(22)13-29(49)44(24,30)4)60-41-38(57)35(54)39(28(16-48)63-41)64-42-37(56)34(53)32(51)27(15-47)62-42/h5,18-19,21-28,30-42,46-48,50-58H,6-17H2,1-4H3/t18-,19?,21+,22?,23?,24?,25?,26-,27-,28-,30?,31-,32-,33+,34+,35-,36-,37-,38-,39+,40-,41-,42+,43+,44-,45?/m1/s1. The number of hydrogen-bond donors (Lipinski definition) is 12. The molecule has 26 atom stereocenters. The van der Waals surface area contributed by atoms with Gasteiger partial charge in [-0.1, -0.05) is 39.3 Å². The SMILES string of the molecule is CC1C2C(CC3C4CC=C5C[C@@H](O[C@@H]6O[C@H](CO)[C@H](O[C@@H]7O[C@H](CO)[C@@H](O)[C@H](O)[C@H]7O)[C@H](O)[C@H]6O)CC[C@]5(C)C4CC(=O)[C@@]32C)OC1(O)CC[C@@H](C)CO[C@@H]1O[C@H](CO)[C@@H](O)[C@H](O)[C@H]1O. The molecule has 0 radical (unpaired) electrons. The van der Waals surface area contributed by atoms with Gasteiger partial charge >= 0.3 is 0 Å². The number of carbonyl (C=O) groups excluding carboxylic acids is 1. The number of aliphatic hydroxyl groups excluding tert-OH is 11. The maximum atomic E-state index is 14.6. The zero-order valence-corrected chi connectivity index (χ0v) is 37.5.